The predicted molar refractivity (Wildman–Crippen MR) is 75.2 cm³/mol. The Morgan fingerprint density at radius 1 is 1.47 bits per heavy atom. The van der Waals surface area contributed by atoms with Gasteiger partial charge in [0.2, 0.25) is 0 Å². The standard InChI is InChI=1S/C13H15BrN2O3/c14-9-1-2-10(13(15)19)11(6-9)16-4-3-8(7-16)5-12(17)18/h1-2,6,8H,3-5,7H2,(H2,15,19)(H,17,18). The number of nitrogens with two attached hydrogens (primary N) is 1. The smallest absolute Gasteiger partial charge is 0.303 e. The third-order valence-corrected chi connectivity index (χ3v) is 3.81. The van der Waals surface area contributed by atoms with Crippen LogP contribution in [0, 0.1) is 5.92 Å². The molecule has 1 aliphatic rings. The van der Waals surface area contributed by atoms with Gasteiger partial charge in [0.05, 0.1) is 11.3 Å². The molecule has 102 valence electrons. The van der Waals surface area contributed by atoms with Gasteiger partial charge in [-0.1, -0.05) is 15.9 Å². The van der Waals surface area contributed by atoms with Gasteiger partial charge in [0.25, 0.3) is 5.91 Å². The summed E-state index contributed by atoms with van der Waals surface area (Å²) in [7, 11) is 0. The molecule has 0 aliphatic carbocycles. The summed E-state index contributed by atoms with van der Waals surface area (Å²) in [5, 5.41) is 8.82. The van der Waals surface area contributed by atoms with E-state index in [1.807, 2.05) is 11.0 Å². The van der Waals surface area contributed by atoms with Crippen molar-refractivity contribution in [3.8, 4) is 0 Å². The fraction of sp³-hybridized carbons (Fsp3) is 0.385. The summed E-state index contributed by atoms with van der Waals surface area (Å²) in [6.07, 6.45) is 0.980. The average molecular weight is 327 g/mol. The fourth-order valence-electron chi connectivity index (χ4n) is 2.44. The Bertz CT molecular complexity index is 519. The van der Waals surface area contributed by atoms with Crippen molar-refractivity contribution < 1.29 is 14.7 Å². The fourth-order valence-corrected chi connectivity index (χ4v) is 2.79. The van der Waals surface area contributed by atoms with Gasteiger partial charge < -0.3 is 15.7 Å². The van der Waals surface area contributed by atoms with Gasteiger partial charge in [-0.25, -0.2) is 0 Å². The Morgan fingerprint density at radius 3 is 2.84 bits per heavy atom. The molecule has 0 saturated carbocycles. The monoisotopic (exact) mass is 326 g/mol. The van der Waals surface area contributed by atoms with E-state index in [9.17, 15) is 9.59 Å². The van der Waals surface area contributed by atoms with E-state index in [1.54, 1.807) is 12.1 Å². The van der Waals surface area contributed by atoms with Gasteiger partial charge in [-0.3, -0.25) is 9.59 Å². The van der Waals surface area contributed by atoms with Crippen LogP contribution >= 0.6 is 15.9 Å². The van der Waals surface area contributed by atoms with Gasteiger partial charge in [-0.15, -0.1) is 0 Å². The number of primary amides is 1. The maximum Gasteiger partial charge on any atom is 0.303 e. The zero-order chi connectivity index (χ0) is 14.0. The Balaban J connectivity index is 2.21. The molecule has 6 heteroatoms. The molecule has 1 aliphatic heterocycles. The van der Waals surface area contributed by atoms with Gasteiger partial charge in [0, 0.05) is 24.0 Å². The number of hydrogen-bond acceptors (Lipinski definition) is 3. The lowest BCUT2D eigenvalue weighted by Crippen LogP contribution is -2.24. The number of hydrogen-bond donors (Lipinski definition) is 2. The minimum Gasteiger partial charge on any atom is -0.481 e. The molecule has 1 fully saturated rings. The van der Waals surface area contributed by atoms with Crippen LogP contribution in [0.3, 0.4) is 0 Å². The lowest BCUT2D eigenvalue weighted by molar-refractivity contribution is -0.137. The number of amides is 1. The highest BCUT2D eigenvalue weighted by Crippen LogP contribution is 2.30. The number of halogens is 1. The van der Waals surface area contributed by atoms with Crippen molar-refractivity contribution in [1.29, 1.82) is 0 Å². The second-order valence-corrected chi connectivity index (χ2v) is 5.64. The summed E-state index contributed by atoms with van der Waals surface area (Å²) in [5.74, 6) is -1.13. The highest BCUT2D eigenvalue weighted by Gasteiger charge is 2.26. The Hall–Kier alpha value is -1.56. The van der Waals surface area contributed by atoms with Crippen molar-refractivity contribution in [2.45, 2.75) is 12.8 Å². The molecule has 1 heterocycles. The first-order valence-electron chi connectivity index (χ1n) is 6.03. The quantitative estimate of drug-likeness (QED) is 0.884. The van der Waals surface area contributed by atoms with E-state index in [-0.39, 0.29) is 12.3 Å². The summed E-state index contributed by atoms with van der Waals surface area (Å²) in [5.41, 5.74) is 6.62. The molecule has 0 aromatic heterocycles. The third-order valence-electron chi connectivity index (χ3n) is 3.32. The van der Waals surface area contributed by atoms with Gasteiger partial charge in [0.15, 0.2) is 0 Å². The number of benzene rings is 1. The lowest BCUT2D eigenvalue weighted by atomic mass is 10.1. The normalized spacial score (nSPS) is 18.6. The van der Waals surface area contributed by atoms with Crippen LogP contribution in [0.1, 0.15) is 23.2 Å². The molecule has 0 spiro atoms. The molecular weight excluding hydrogens is 312 g/mol. The number of carboxylic acids is 1. The summed E-state index contributed by atoms with van der Waals surface area (Å²) < 4.78 is 0.870. The number of carbonyl (C=O) groups is 2. The van der Waals surface area contributed by atoms with Crippen LogP contribution < -0.4 is 10.6 Å². The van der Waals surface area contributed by atoms with Crippen LogP contribution in [0.15, 0.2) is 22.7 Å². The first-order chi connectivity index (χ1) is 8.97. The van der Waals surface area contributed by atoms with Crippen molar-refractivity contribution in [3.63, 3.8) is 0 Å². The molecule has 2 rings (SSSR count). The van der Waals surface area contributed by atoms with E-state index in [2.05, 4.69) is 15.9 Å². The average Bonchev–Trinajstić information content (AvgIpc) is 2.75. The van der Waals surface area contributed by atoms with Crippen LogP contribution in [0.2, 0.25) is 0 Å². The largest absolute Gasteiger partial charge is 0.481 e. The Labute approximate surface area is 119 Å². The molecule has 1 unspecified atom stereocenters. The van der Waals surface area contributed by atoms with Crippen LogP contribution in [0.25, 0.3) is 0 Å². The van der Waals surface area contributed by atoms with E-state index in [0.29, 0.717) is 12.1 Å². The molecule has 5 nitrogen and oxygen atoms in total. The summed E-state index contributed by atoms with van der Waals surface area (Å²) in [6.45, 7) is 1.39. The van der Waals surface area contributed by atoms with Crippen molar-refractivity contribution >= 4 is 33.5 Å². The molecule has 0 radical (unpaired) electrons. The third kappa shape index (κ3) is 3.26. The molecule has 19 heavy (non-hydrogen) atoms. The number of carbonyl (C=O) groups excluding carboxylic acids is 1. The van der Waals surface area contributed by atoms with Gasteiger partial charge in [-0.05, 0) is 30.5 Å². The first-order valence-corrected chi connectivity index (χ1v) is 6.82. The number of aliphatic carboxylic acids is 1. The molecule has 0 bridgehead atoms. The number of carboxylic acid groups (broad SMARTS) is 1. The Morgan fingerprint density at radius 2 is 2.21 bits per heavy atom. The molecule has 1 saturated heterocycles. The molecule has 1 aromatic carbocycles. The minimum atomic E-state index is -0.781. The molecule has 1 aromatic rings. The maximum atomic E-state index is 11.4. The van der Waals surface area contributed by atoms with Crippen LogP contribution in [0.4, 0.5) is 5.69 Å². The molecule has 1 atom stereocenters. The van der Waals surface area contributed by atoms with Crippen molar-refractivity contribution in [3.05, 3.63) is 28.2 Å². The van der Waals surface area contributed by atoms with E-state index in [0.717, 1.165) is 23.1 Å². The van der Waals surface area contributed by atoms with Crippen LogP contribution in [-0.4, -0.2) is 30.1 Å². The van der Waals surface area contributed by atoms with E-state index >= 15 is 0 Å². The second-order valence-electron chi connectivity index (χ2n) is 4.72. The van der Waals surface area contributed by atoms with Crippen molar-refractivity contribution in [2.24, 2.45) is 11.7 Å². The van der Waals surface area contributed by atoms with Gasteiger partial charge in [-0.2, -0.15) is 0 Å². The minimum absolute atomic E-state index is 0.122. The lowest BCUT2D eigenvalue weighted by Gasteiger charge is -2.21. The van der Waals surface area contributed by atoms with Gasteiger partial charge >= 0.3 is 5.97 Å². The highest BCUT2D eigenvalue weighted by atomic mass is 79.9. The highest BCUT2D eigenvalue weighted by molar-refractivity contribution is 9.10. The zero-order valence-electron chi connectivity index (χ0n) is 10.3. The second kappa shape index (κ2) is 5.61. The van der Waals surface area contributed by atoms with E-state index in [4.69, 9.17) is 10.8 Å². The van der Waals surface area contributed by atoms with Crippen molar-refractivity contribution in [2.75, 3.05) is 18.0 Å². The number of anilines is 1. The SMILES string of the molecule is NC(=O)c1ccc(Br)cc1N1CCC(CC(=O)O)C1. The number of rotatable bonds is 4. The van der Waals surface area contributed by atoms with E-state index in [1.165, 1.54) is 0 Å². The molecule has 1 amide bonds. The van der Waals surface area contributed by atoms with Gasteiger partial charge in [0.1, 0.15) is 0 Å². The first kappa shape index (κ1) is 13.9. The zero-order valence-corrected chi connectivity index (χ0v) is 11.9. The maximum absolute atomic E-state index is 11.4. The summed E-state index contributed by atoms with van der Waals surface area (Å²) in [4.78, 5) is 24.2. The number of nitrogens with zero attached hydrogens (tertiary/aromatic N) is 1. The predicted octanol–water partition coefficient (Wildman–Crippen LogP) is 1.85. The topological polar surface area (TPSA) is 83.6 Å². The van der Waals surface area contributed by atoms with Crippen LogP contribution in [0.5, 0.6) is 0 Å². The molecule has 3 N–H and O–H groups in total. The molecular formula is C13H15BrN2O3. The van der Waals surface area contributed by atoms with Crippen molar-refractivity contribution in [1.82, 2.24) is 0 Å². The summed E-state index contributed by atoms with van der Waals surface area (Å²) >= 11 is 3.38. The summed E-state index contributed by atoms with van der Waals surface area (Å²) in [6, 6.07) is 5.31. The van der Waals surface area contributed by atoms with E-state index < -0.39 is 11.9 Å². The Kier molecular flexibility index (Phi) is 4.09. The van der Waals surface area contributed by atoms with Crippen LogP contribution in [-0.2, 0) is 4.79 Å².